The van der Waals surface area contributed by atoms with Gasteiger partial charge in [0.2, 0.25) is 0 Å². The maximum Gasteiger partial charge on any atom is 0.253 e. The van der Waals surface area contributed by atoms with E-state index in [-0.39, 0.29) is 5.91 Å². The van der Waals surface area contributed by atoms with Gasteiger partial charge in [-0.15, -0.1) is 5.10 Å². The standard InChI is InChI=1S/C21H24N6O2/c1-16-22-23-24-27(16)19-9-7-17(8-10-19)21(28)25(2)15-18-5-3-4-6-20(18)26-11-13-29-14-12-26/h3-10H,11-15H2,1-2H3. The first-order valence-electron chi connectivity index (χ1n) is 9.65. The van der Waals surface area contributed by atoms with E-state index in [1.807, 2.05) is 50.4 Å². The number of benzene rings is 2. The topological polar surface area (TPSA) is 76.4 Å². The minimum absolute atomic E-state index is 0.0261. The lowest BCUT2D eigenvalue weighted by Gasteiger charge is -2.31. The van der Waals surface area contributed by atoms with Gasteiger partial charge in [0.05, 0.1) is 18.9 Å². The summed E-state index contributed by atoms with van der Waals surface area (Å²) >= 11 is 0. The number of carbonyl (C=O) groups is 1. The first-order valence-corrected chi connectivity index (χ1v) is 9.65. The van der Waals surface area contributed by atoms with Crippen LogP contribution in [-0.2, 0) is 11.3 Å². The number of ether oxygens (including phenoxy) is 1. The second kappa shape index (κ2) is 8.40. The molecule has 0 saturated carbocycles. The lowest BCUT2D eigenvalue weighted by atomic mass is 10.1. The Morgan fingerprint density at radius 2 is 1.83 bits per heavy atom. The van der Waals surface area contributed by atoms with Crippen LogP contribution in [0.15, 0.2) is 48.5 Å². The minimum atomic E-state index is -0.0261. The van der Waals surface area contributed by atoms with E-state index in [0.717, 1.165) is 37.6 Å². The molecule has 0 atom stereocenters. The van der Waals surface area contributed by atoms with Crippen molar-refractivity contribution < 1.29 is 9.53 Å². The summed E-state index contributed by atoms with van der Waals surface area (Å²) in [5, 5.41) is 11.5. The third-order valence-electron chi connectivity index (χ3n) is 5.08. The van der Waals surface area contributed by atoms with Gasteiger partial charge in [0.15, 0.2) is 5.82 Å². The van der Waals surface area contributed by atoms with Gasteiger partial charge in [-0.3, -0.25) is 4.79 Å². The number of carbonyl (C=O) groups excluding carboxylic acids is 1. The molecule has 1 aliphatic heterocycles. The van der Waals surface area contributed by atoms with Gasteiger partial charge in [-0.05, 0) is 53.2 Å². The normalized spacial score (nSPS) is 14.1. The molecular weight excluding hydrogens is 368 g/mol. The second-order valence-electron chi connectivity index (χ2n) is 7.07. The molecule has 1 saturated heterocycles. The summed E-state index contributed by atoms with van der Waals surface area (Å²) in [5.41, 5.74) is 3.75. The minimum Gasteiger partial charge on any atom is -0.378 e. The molecule has 1 fully saturated rings. The number of hydrogen-bond donors (Lipinski definition) is 0. The van der Waals surface area contributed by atoms with Crippen LogP contribution in [0.1, 0.15) is 21.7 Å². The summed E-state index contributed by atoms with van der Waals surface area (Å²) in [6, 6.07) is 15.6. The quantitative estimate of drug-likeness (QED) is 0.662. The van der Waals surface area contributed by atoms with Crippen molar-refractivity contribution in [1.29, 1.82) is 0 Å². The van der Waals surface area contributed by atoms with Crippen molar-refractivity contribution in [2.24, 2.45) is 0 Å². The average molecular weight is 392 g/mol. The summed E-state index contributed by atoms with van der Waals surface area (Å²) < 4.78 is 7.10. The number of aryl methyl sites for hydroxylation is 1. The van der Waals surface area contributed by atoms with Crippen LogP contribution >= 0.6 is 0 Å². The van der Waals surface area contributed by atoms with Gasteiger partial charge in [0.1, 0.15) is 0 Å². The number of amides is 1. The molecule has 1 aromatic heterocycles. The Bertz CT molecular complexity index is 979. The van der Waals surface area contributed by atoms with E-state index in [1.54, 1.807) is 9.58 Å². The fraction of sp³-hybridized carbons (Fsp3) is 0.333. The van der Waals surface area contributed by atoms with Gasteiger partial charge < -0.3 is 14.5 Å². The predicted molar refractivity (Wildman–Crippen MR) is 109 cm³/mol. The molecule has 3 aromatic rings. The van der Waals surface area contributed by atoms with Crippen molar-refractivity contribution in [2.75, 3.05) is 38.3 Å². The molecule has 8 heteroatoms. The number of nitrogens with zero attached hydrogens (tertiary/aromatic N) is 6. The average Bonchev–Trinajstić information content (AvgIpc) is 3.20. The molecule has 8 nitrogen and oxygen atoms in total. The van der Waals surface area contributed by atoms with Crippen molar-refractivity contribution in [3.05, 3.63) is 65.5 Å². The van der Waals surface area contributed by atoms with Crippen LogP contribution in [0, 0.1) is 6.92 Å². The molecule has 0 spiro atoms. The third-order valence-corrected chi connectivity index (χ3v) is 5.08. The molecule has 1 amide bonds. The first-order chi connectivity index (χ1) is 14.1. The highest BCUT2D eigenvalue weighted by Gasteiger charge is 2.18. The molecule has 1 aliphatic rings. The Balaban J connectivity index is 1.48. The number of para-hydroxylation sites is 1. The molecule has 0 radical (unpaired) electrons. The van der Waals surface area contributed by atoms with E-state index in [2.05, 4.69) is 32.6 Å². The highest BCUT2D eigenvalue weighted by molar-refractivity contribution is 5.94. The lowest BCUT2D eigenvalue weighted by Crippen LogP contribution is -2.37. The lowest BCUT2D eigenvalue weighted by molar-refractivity contribution is 0.0785. The summed E-state index contributed by atoms with van der Waals surface area (Å²) in [6.45, 7) is 5.57. The number of tetrazole rings is 1. The highest BCUT2D eigenvalue weighted by atomic mass is 16.5. The van der Waals surface area contributed by atoms with Crippen LogP contribution in [0.3, 0.4) is 0 Å². The number of morpholine rings is 1. The van der Waals surface area contributed by atoms with E-state index in [0.29, 0.717) is 17.9 Å². The molecule has 0 N–H and O–H groups in total. The molecule has 2 aromatic carbocycles. The Morgan fingerprint density at radius 1 is 1.10 bits per heavy atom. The maximum absolute atomic E-state index is 12.9. The van der Waals surface area contributed by atoms with Crippen LogP contribution in [0.4, 0.5) is 5.69 Å². The zero-order chi connectivity index (χ0) is 20.2. The van der Waals surface area contributed by atoms with Crippen molar-refractivity contribution in [2.45, 2.75) is 13.5 Å². The van der Waals surface area contributed by atoms with Gasteiger partial charge >= 0.3 is 0 Å². The third kappa shape index (κ3) is 4.12. The van der Waals surface area contributed by atoms with Crippen LogP contribution in [0.25, 0.3) is 5.69 Å². The number of aromatic nitrogens is 4. The van der Waals surface area contributed by atoms with Crippen molar-refractivity contribution in [3.8, 4) is 5.69 Å². The van der Waals surface area contributed by atoms with Crippen LogP contribution in [-0.4, -0.2) is 64.4 Å². The Morgan fingerprint density at radius 3 is 2.52 bits per heavy atom. The smallest absolute Gasteiger partial charge is 0.253 e. The molecule has 0 aliphatic carbocycles. The number of rotatable bonds is 5. The second-order valence-corrected chi connectivity index (χ2v) is 7.07. The Labute approximate surface area is 169 Å². The molecule has 2 heterocycles. The first kappa shape index (κ1) is 19.1. The molecule has 0 bridgehead atoms. The maximum atomic E-state index is 12.9. The van der Waals surface area contributed by atoms with E-state index >= 15 is 0 Å². The summed E-state index contributed by atoms with van der Waals surface area (Å²) in [7, 11) is 1.83. The highest BCUT2D eigenvalue weighted by Crippen LogP contribution is 2.23. The molecule has 29 heavy (non-hydrogen) atoms. The van der Waals surface area contributed by atoms with Crippen molar-refractivity contribution in [3.63, 3.8) is 0 Å². The van der Waals surface area contributed by atoms with E-state index in [9.17, 15) is 4.79 Å². The summed E-state index contributed by atoms with van der Waals surface area (Å²) in [6.07, 6.45) is 0. The molecular formula is C21H24N6O2. The fourth-order valence-electron chi connectivity index (χ4n) is 3.52. The van der Waals surface area contributed by atoms with E-state index in [4.69, 9.17) is 4.74 Å². The van der Waals surface area contributed by atoms with Gasteiger partial charge in [0.25, 0.3) is 5.91 Å². The van der Waals surface area contributed by atoms with Crippen LogP contribution < -0.4 is 4.90 Å². The molecule has 150 valence electrons. The SMILES string of the molecule is Cc1nnnn1-c1ccc(C(=O)N(C)Cc2ccccc2N2CCOCC2)cc1. The van der Waals surface area contributed by atoms with E-state index in [1.165, 1.54) is 5.69 Å². The van der Waals surface area contributed by atoms with Gasteiger partial charge in [-0.2, -0.15) is 4.68 Å². The zero-order valence-electron chi connectivity index (χ0n) is 16.7. The number of anilines is 1. The zero-order valence-corrected chi connectivity index (χ0v) is 16.7. The van der Waals surface area contributed by atoms with Crippen LogP contribution in [0.2, 0.25) is 0 Å². The predicted octanol–water partition coefficient (Wildman–Crippen LogP) is 2.08. The van der Waals surface area contributed by atoms with E-state index < -0.39 is 0 Å². The largest absolute Gasteiger partial charge is 0.378 e. The van der Waals surface area contributed by atoms with Crippen molar-refractivity contribution in [1.82, 2.24) is 25.1 Å². The molecule has 0 unspecified atom stereocenters. The van der Waals surface area contributed by atoms with Gasteiger partial charge in [-0.25, -0.2) is 0 Å². The molecule has 4 rings (SSSR count). The fourth-order valence-corrected chi connectivity index (χ4v) is 3.52. The summed E-state index contributed by atoms with van der Waals surface area (Å²) in [5.74, 6) is 0.669. The Kier molecular flexibility index (Phi) is 5.53. The van der Waals surface area contributed by atoms with Gasteiger partial charge in [0, 0.05) is 37.9 Å². The Hall–Kier alpha value is -3.26. The van der Waals surface area contributed by atoms with Gasteiger partial charge in [-0.1, -0.05) is 18.2 Å². The van der Waals surface area contributed by atoms with Crippen molar-refractivity contribution >= 4 is 11.6 Å². The van der Waals surface area contributed by atoms with Crippen LogP contribution in [0.5, 0.6) is 0 Å². The monoisotopic (exact) mass is 392 g/mol. The summed E-state index contributed by atoms with van der Waals surface area (Å²) in [4.78, 5) is 17.0. The number of hydrogen-bond acceptors (Lipinski definition) is 6.